The summed E-state index contributed by atoms with van der Waals surface area (Å²) in [6.45, 7) is 0. The molecule has 0 aliphatic heterocycles. The third-order valence-electron chi connectivity index (χ3n) is 4.81. The van der Waals surface area contributed by atoms with E-state index in [2.05, 4.69) is 25.5 Å². The molecule has 0 aliphatic rings. The van der Waals surface area contributed by atoms with E-state index in [1.807, 2.05) is 0 Å². The Morgan fingerprint density at radius 1 is 0.921 bits per heavy atom. The lowest BCUT2D eigenvalue weighted by atomic mass is 10.1. The molecule has 2 heterocycles. The zero-order valence-corrected chi connectivity index (χ0v) is 19.1. The summed E-state index contributed by atoms with van der Waals surface area (Å²) in [6, 6.07) is 12.4. The van der Waals surface area contributed by atoms with Crippen molar-refractivity contribution in [3.8, 4) is 17.2 Å². The van der Waals surface area contributed by atoms with Gasteiger partial charge in [0, 0.05) is 30.3 Å². The van der Waals surface area contributed by atoms with Crippen LogP contribution in [-0.4, -0.2) is 32.9 Å². The van der Waals surface area contributed by atoms with Crippen molar-refractivity contribution in [2.24, 2.45) is 5.73 Å². The second-order valence-corrected chi connectivity index (χ2v) is 7.47. The van der Waals surface area contributed by atoms with Crippen LogP contribution in [0.25, 0.3) is 5.69 Å². The minimum absolute atomic E-state index is 0.107. The molecule has 0 atom stereocenters. The summed E-state index contributed by atoms with van der Waals surface area (Å²) in [5, 5.41) is 8.94. The summed E-state index contributed by atoms with van der Waals surface area (Å²) in [6.07, 6.45) is -1.65. The predicted molar refractivity (Wildman–Crippen MR) is 127 cm³/mol. The maximum Gasteiger partial charge on any atom is 0.416 e. The Hall–Kier alpha value is -5.40. The van der Waals surface area contributed by atoms with Gasteiger partial charge in [0.1, 0.15) is 11.5 Å². The first-order valence-electron chi connectivity index (χ1n) is 10.6. The number of carbonyl (C=O) groups is 3. The Labute approximate surface area is 212 Å². The SMILES string of the molecule is NC(=O)OC(=O)c1cc(Oc2ccc(NC(=O)Nc3cc(C(F)(F)F)ccc3-n3cccn3)cc2)ccn1. The monoisotopic (exact) mass is 526 g/mol. The van der Waals surface area contributed by atoms with Crippen LogP contribution in [0.3, 0.4) is 0 Å². The Kier molecular flexibility index (Phi) is 7.23. The number of carbonyl (C=O) groups excluding carboxylic acids is 3. The van der Waals surface area contributed by atoms with Crippen molar-refractivity contribution in [2.75, 3.05) is 10.6 Å². The molecule has 11 nitrogen and oxygen atoms in total. The van der Waals surface area contributed by atoms with Crippen LogP contribution in [0, 0.1) is 0 Å². The highest BCUT2D eigenvalue weighted by molar-refractivity contribution is 6.01. The fraction of sp³-hybridized carbons (Fsp3) is 0.0417. The van der Waals surface area contributed by atoms with E-state index in [4.69, 9.17) is 10.5 Å². The normalized spacial score (nSPS) is 10.9. The third-order valence-corrected chi connectivity index (χ3v) is 4.81. The Balaban J connectivity index is 1.44. The summed E-state index contributed by atoms with van der Waals surface area (Å²) in [7, 11) is 0. The van der Waals surface area contributed by atoms with Gasteiger partial charge in [0.15, 0.2) is 5.69 Å². The molecule has 0 aliphatic carbocycles. The lowest BCUT2D eigenvalue weighted by Gasteiger charge is -2.15. The lowest BCUT2D eigenvalue weighted by Crippen LogP contribution is -2.21. The lowest BCUT2D eigenvalue weighted by molar-refractivity contribution is -0.137. The summed E-state index contributed by atoms with van der Waals surface area (Å²) in [5.74, 6) is -0.536. The van der Waals surface area contributed by atoms with E-state index in [-0.39, 0.29) is 22.8 Å². The van der Waals surface area contributed by atoms with Crippen LogP contribution in [0.15, 0.2) is 79.3 Å². The number of benzene rings is 2. The van der Waals surface area contributed by atoms with Gasteiger partial charge in [0.25, 0.3) is 0 Å². The number of rotatable bonds is 6. The number of alkyl halides is 3. The zero-order chi connectivity index (χ0) is 27.3. The first-order chi connectivity index (χ1) is 18.1. The highest BCUT2D eigenvalue weighted by Crippen LogP contribution is 2.33. The average molecular weight is 526 g/mol. The first-order valence-corrected chi connectivity index (χ1v) is 10.6. The molecule has 0 fully saturated rings. The van der Waals surface area contributed by atoms with E-state index < -0.39 is 29.8 Å². The highest BCUT2D eigenvalue weighted by Gasteiger charge is 2.31. The van der Waals surface area contributed by atoms with Crippen molar-refractivity contribution >= 4 is 29.5 Å². The number of amides is 3. The summed E-state index contributed by atoms with van der Waals surface area (Å²) in [5.41, 5.74) is 4.10. The number of nitrogens with two attached hydrogens (primary N) is 1. The molecule has 38 heavy (non-hydrogen) atoms. The van der Waals surface area contributed by atoms with Gasteiger partial charge in [-0.2, -0.15) is 18.3 Å². The molecule has 194 valence electrons. The quantitative estimate of drug-likeness (QED) is 0.237. The molecule has 0 spiro atoms. The minimum atomic E-state index is -4.61. The van der Waals surface area contributed by atoms with Crippen molar-refractivity contribution in [3.05, 3.63) is 90.5 Å². The molecule has 0 bridgehead atoms. The zero-order valence-electron chi connectivity index (χ0n) is 19.1. The van der Waals surface area contributed by atoms with E-state index in [0.717, 1.165) is 12.1 Å². The van der Waals surface area contributed by atoms with Crippen LogP contribution in [0.4, 0.5) is 34.1 Å². The van der Waals surface area contributed by atoms with Crippen LogP contribution < -0.4 is 21.1 Å². The number of esters is 1. The van der Waals surface area contributed by atoms with Crippen molar-refractivity contribution in [2.45, 2.75) is 6.18 Å². The largest absolute Gasteiger partial charge is 0.457 e. The second-order valence-electron chi connectivity index (χ2n) is 7.47. The van der Waals surface area contributed by atoms with Crippen molar-refractivity contribution in [1.29, 1.82) is 0 Å². The van der Waals surface area contributed by atoms with Gasteiger partial charge < -0.3 is 25.8 Å². The van der Waals surface area contributed by atoms with Crippen LogP contribution >= 0.6 is 0 Å². The number of anilines is 2. The van der Waals surface area contributed by atoms with Crippen molar-refractivity contribution in [3.63, 3.8) is 0 Å². The summed E-state index contributed by atoms with van der Waals surface area (Å²) >= 11 is 0. The topological polar surface area (TPSA) is 150 Å². The smallest absolute Gasteiger partial charge is 0.416 e. The molecule has 0 saturated carbocycles. The molecular formula is C24H17F3N6O5. The van der Waals surface area contributed by atoms with E-state index in [9.17, 15) is 27.6 Å². The Morgan fingerprint density at radius 2 is 1.68 bits per heavy atom. The van der Waals surface area contributed by atoms with Gasteiger partial charge in [-0.3, -0.25) is 0 Å². The fourth-order valence-corrected chi connectivity index (χ4v) is 3.18. The summed E-state index contributed by atoms with van der Waals surface area (Å²) < 4.78 is 50.9. The van der Waals surface area contributed by atoms with Crippen molar-refractivity contribution < 1.29 is 37.0 Å². The molecule has 3 amide bonds. The molecule has 0 unspecified atom stereocenters. The molecule has 0 radical (unpaired) electrons. The Morgan fingerprint density at radius 3 is 2.34 bits per heavy atom. The first kappa shape index (κ1) is 25.7. The molecule has 14 heteroatoms. The third kappa shape index (κ3) is 6.42. The van der Waals surface area contributed by atoms with Gasteiger partial charge in [-0.25, -0.2) is 24.0 Å². The van der Waals surface area contributed by atoms with Gasteiger partial charge in [0.05, 0.1) is 16.9 Å². The molecule has 0 saturated heterocycles. The molecule has 2 aromatic heterocycles. The molecular weight excluding hydrogens is 509 g/mol. The van der Waals surface area contributed by atoms with Crippen LogP contribution in [0.1, 0.15) is 16.1 Å². The number of ether oxygens (including phenoxy) is 2. The number of halogens is 3. The number of pyridine rings is 1. The molecule has 4 aromatic rings. The number of hydrogen-bond acceptors (Lipinski definition) is 7. The van der Waals surface area contributed by atoms with E-state index >= 15 is 0 Å². The number of urea groups is 1. The van der Waals surface area contributed by atoms with E-state index in [1.165, 1.54) is 65.7 Å². The van der Waals surface area contributed by atoms with Gasteiger partial charge in [-0.1, -0.05) is 0 Å². The van der Waals surface area contributed by atoms with Crippen LogP contribution in [0.2, 0.25) is 0 Å². The number of aromatic nitrogens is 3. The summed E-state index contributed by atoms with van der Waals surface area (Å²) in [4.78, 5) is 38.8. The number of nitrogens with one attached hydrogen (secondary N) is 2. The predicted octanol–water partition coefficient (Wildman–Crippen LogP) is 4.96. The standard InChI is InChI=1S/C24H17F3N6O5/c25-24(26,27)14-2-7-20(33-11-1-9-30-33)18(12-14)32-23(36)31-15-3-5-16(6-4-15)37-17-8-10-29-19(13-17)21(34)38-22(28)35/h1-13H,(H2,28,35)(H2,31,32,36). The number of nitrogens with zero attached hydrogens (tertiary/aromatic N) is 3. The molecule has 4 N–H and O–H groups in total. The second kappa shape index (κ2) is 10.7. The molecule has 2 aromatic carbocycles. The molecule has 4 rings (SSSR count). The van der Waals surface area contributed by atoms with Crippen LogP contribution in [0.5, 0.6) is 11.5 Å². The fourth-order valence-electron chi connectivity index (χ4n) is 3.18. The van der Waals surface area contributed by atoms with E-state index in [1.54, 1.807) is 6.07 Å². The average Bonchev–Trinajstić information content (AvgIpc) is 3.39. The van der Waals surface area contributed by atoms with Gasteiger partial charge in [-0.15, -0.1) is 0 Å². The highest BCUT2D eigenvalue weighted by atomic mass is 19.4. The number of hydrogen-bond donors (Lipinski definition) is 3. The van der Waals surface area contributed by atoms with Crippen LogP contribution in [-0.2, 0) is 10.9 Å². The maximum absolute atomic E-state index is 13.2. The van der Waals surface area contributed by atoms with Gasteiger partial charge in [0.2, 0.25) is 0 Å². The Bertz CT molecular complexity index is 1470. The van der Waals surface area contributed by atoms with Gasteiger partial charge in [-0.05, 0) is 54.6 Å². The number of primary amides is 1. The minimum Gasteiger partial charge on any atom is -0.457 e. The van der Waals surface area contributed by atoms with Gasteiger partial charge >= 0.3 is 24.3 Å². The van der Waals surface area contributed by atoms with Crippen molar-refractivity contribution in [1.82, 2.24) is 14.8 Å². The van der Waals surface area contributed by atoms with E-state index in [0.29, 0.717) is 11.4 Å². The maximum atomic E-state index is 13.2.